The van der Waals surface area contributed by atoms with E-state index in [2.05, 4.69) is 180 Å². The van der Waals surface area contributed by atoms with Gasteiger partial charge in [-0.05, 0) is 82.4 Å². The largest absolute Gasteiger partial charge is 0.456 e. The van der Waals surface area contributed by atoms with Crippen LogP contribution in [0.1, 0.15) is 10.9 Å². The van der Waals surface area contributed by atoms with Gasteiger partial charge in [-0.1, -0.05) is 127 Å². The van der Waals surface area contributed by atoms with Crippen LogP contribution in [0.2, 0.25) is 0 Å². The molecule has 8 aromatic rings. The molecule has 0 saturated carbocycles. The van der Waals surface area contributed by atoms with E-state index in [1.54, 1.807) is 0 Å². The zero-order valence-electron chi connectivity index (χ0n) is 25.5. The number of nitrogens with one attached hydrogen (secondary N) is 1. The topological polar surface area (TPSA) is 28.4 Å². The fraction of sp³-hybridized carbons (Fsp3) is 0.0233. The highest BCUT2D eigenvalue weighted by atomic mass is 32.2. The molecule has 0 saturated heterocycles. The van der Waals surface area contributed by atoms with Crippen molar-refractivity contribution in [2.24, 2.45) is 0 Å². The van der Waals surface area contributed by atoms with Crippen molar-refractivity contribution in [3.05, 3.63) is 175 Å². The molecule has 0 fully saturated rings. The third kappa shape index (κ3) is 5.04. The number of benzene rings is 7. The first-order valence-corrected chi connectivity index (χ1v) is 16.7. The van der Waals surface area contributed by atoms with Gasteiger partial charge in [0.05, 0.1) is 0 Å². The molecule has 0 spiro atoms. The van der Waals surface area contributed by atoms with E-state index in [4.69, 9.17) is 4.42 Å². The molecule has 1 aliphatic heterocycles. The smallest absolute Gasteiger partial charge is 0.136 e. The number of hydrogen-bond donors (Lipinski definition) is 1. The predicted octanol–water partition coefficient (Wildman–Crippen LogP) is 12.6. The molecular formula is C43H30N2OS. The minimum absolute atomic E-state index is 0.158. The molecule has 224 valence electrons. The van der Waals surface area contributed by atoms with Gasteiger partial charge in [-0.15, -0.1) is 0 Å². The van der Waals surface area contributed by atoms with E-state index < -0.39 is 0 Å². The van der Waals surface area contributed by atoms with Crippen LogP contribution in [-0.4, -0.2) is 0 Å². The molecule has 9 rings (SSSR count). The van der Waals surface area contributed by atoms with E-state index in [0.717, 1.165) is 44.7 Å². The normalized spacial score (nSPS) is 13.8. The molecule has 47 heavy (non-hydrogen) atoms. The minimum atomic E-state index is 0.158. The average molecular weight is 623 g/mol. The van der Waals surface area contributed by atoms with Gasteiger partial charge < -0.3 is 14.6 Å². The lowest BCUT2D eigenvalue weighted by atomic mass is 10.0. The first-order valence-electron chi connectivity index (χ1n) is 15.9. The number of fused-ring (bicyclic) bond motifs is 5. The summed E-state index contributed by atoms with van der Waals surface area (Å²) < 4.78 is 6.45. The van der Waals surface area contributed by atoms with Gasteiger partial charge in [0.1, 0.15) is 16.5 Å². The molecule has 4 heteroatoms. The first-order chi connectivity index (χ1) is 23.3. The first kappa shape index (κ1) is 27.6. The monoisotopic (exact) mass is 622 g/mol. The quantitative estimate of drug-likeness (QED) is 0.200. The highest BCUT2D eigenvalue weighted by Gasteiger charge is 2.27. The van der Waals surface area contributed by atoms with Gasteiger partial charge in [0.15, 0.2) is 0 Å². The standard InChI is InChI=1S/C43H30N2OS/c1-4-11-29(12-5-1)31-19-21-34(22-20-31)45(35-18-10-17-33(27-35)30-13-6-2-7-14-30)36-23-25-39-37(28-36)41-40(46-39)26-24-38-42(41)47-43(44-38)32-15-8-3-9-16-32/h1-28,43-44H. The van der Waals surface area contributed by atoms with Gasteiger partial charge in [-0.2, -0.15) is 0 Å². The van der Waals surface area contributed by atoms with E-state index in [-0.39, 0.29) is 5.37 Å². The fourth-order valence-electron chi connectivity index (χ4n) is 6.60. The van der Waals surface area contributed by atoms with Crippen molar-refractivity contribution in [2.45, 2.75) is 10.3 Å². The molecule has 0 amide bonds. The van der Waals surface area contributed by atoms with E-state index in [1.165, 1.54) is 32.7 Å². The number of furan rings is 1. The van der Waals surface area contributed by atoms with Crippen molar-refractivity contribution < 1.29 is 4.42 Å². The van der Waals surface area contributed by atoms with Crippen LogP contribution in [0.15, 0.2) is 179 Å². The molecule has 1 N–H and O–H groups in total. The summed E-state index contributed by atoms with van der Waals surface area (Å²) in [6.07, 6.45) is 0. The van der Waals surface area contributed by atoms with E-state index >= 15 is 0 Å². The Labute approximate surface area is 278 Å². The summed E-state index contributed by atoms with van der Waals surface area (Å²) in [5.74, 6) is 0. The van der Waals surface area contributed by atoms with Crippen LogP contribution in [0, 0.1) is 0 Å². The molecule has 1 aromatic heterocycles. The Bertz CT molecular complexity index is 2350. The Morgan fingerprint density at radius 2 is 1.09 bits per heavy atom. The summed E-state index contributed by atoms with van der Waals surface area (Å²) >= 11 is 1.86. The molecular weight excluding hydrogens is 593 g/mol. The summed E-state index contributed by atoms with van der Waals surface area (Å²) in [7, 11) is 0. The lowest BCUT2D eigenvalue weighted by Gasteiger charge is -2.26. The van der Waals surface area contributed by atoms with Crippen molar-refractivity contribution in [3.8, 4) is 22.3 Å². The molecule has 0 aliphatic carbocycles. The summed E-state index contributed by atoms with van der Waals surface area (Å²) in [4.78, 5) is 3.58. The summed E-state index contributed by atoms with van der Waals surface area (Å²) in [6.45, 7) is 0. The third-order valence-corrected chi connectivity index (χ3v) is 10.2. The van der Waals surface area contributed by atoms with Gasteiger partial charge in [-0.3, -0.25) is 0 Å². The van der Waals surface area contributed by atoms with Crippen molar-refractivity contribution in [1.82, 2.24) is 0 Å². The molecule has 3 nitrogen and oxygen atoms in total. The molecule has 2 heterocycles. The lowest BCUT2D eigenvalue weighted by Crippen LogP contribution is -2.10. The second-order valence-electron chi connectivity index (χ2n) is 11.8. The maximum Gasteiger partial charge on any atom is 0.136 e. The highest BCUT2D eigenvalue weighted by molar-refractivity contribution is 8.00. The number of nitrogens with zero attached hydrogens (tertiary/aromatic N) is 1. The van der Waals surface area contributed by atoms with Gasteiger partial charge >= 0.3 is 0 Å². The number of hydrogen-bond acceptors (Lipinski definition) is 4. The van der Waals surface area contributed by atoms with Crippen molar-refractivity contribution in [2.75, 3.05) is 10.2 Å². The van der Waals surface area contributed by atoms with Gasteiger partial charge in [0.25, 0.3) is 0 Å². The second kappa shape index (κ2) is 11.6. The van der Waals surface area contributed by atoms with Crippen LogP contribution in [0.4, 0.5) is 22.7 Å². The Kier molecular flexibility index (Phi) is 6.80. The molecule has 0 bridgehead atoms. The van der Waals surface area contributed by atoms with E-state index in [0.29, 0.717) is 0 Å². The average Bonchev–Trinajstić information content (AvgIpc) is 3.75. The van der Waals surface area contributed by atoms with Gasteiger partial charge in [0, 0.05) is 38.4 Å². The van der Waals surface area contributed by atoms with Crippen LogP contribution >= 0.6 is 11.8 Å². The lowest BCUT2D eigenvalue weighted by molar-refractivity contribution is 0.668. The Balaban J connectivity index is 1.19. The van der Waals surface area contributed by atoms with Gasteiger partial charge in [-0.25, -0.2) is 0 Å². The minimum Gasteiger partial charge on any atom is -0.456 e. The summed E-state index contributed by atoms with van der Waals surface area (Å²) in [6, 6.07) is 60.2. The number of anilines is 4. The molecule has 1 atom stereocenters. The Morgan fingerprint density at radius 3 is 1.83 bits per heavy atom. The van der Waals surface area contributed by atoms with Crippen molar-refractivity contribution in [3.63, 3.8) is 0 Å². The van der Waals surface area contributed by atoms with Crippen LogP contribution in [0.3, 0.4) is 0 Å². The predicted molar refractivity (Wildman–Crippen MR) is 198 cm³/mol. The molecule has 0 radical (unpaired) electrons. The van der Waals surface area contributed by atoms with Crippen LogP contribution < -0.4 is 10.2 Å². The Morgan fingerprint density at radius 1 is 0.489 bits per heavy atom. The zero-order chi connectivity index (χ0) is 31.2. The highest BCUT2D eigenvalue weighted by Crippen LogP contribution is 2.52. The van der Waals surface area contributed by atoms with Crippen LogP contribution in [-0.2, 0) is 0 Å². The SMILES string of the molecule is c1ccc(-c2ccc(N(c3cccc(-c4ccccc4)c3)c3ccc4oc5ccc6c(c5c4c3)SC(c3ccccc3)N6)cc2)cc1. The molecule has 1 aliphatic rings. The maximum absolute atomic E-state index is 6.45. The van der Waals surface area contributed by atoms with Crippen LogP contribution in [0.25, 0.3) is 44.2 Å². The molecule has 7 aromatic carbocycles. The third-order valence-electron chi connectivity index (χ3n) is 8.90. The fourth-order valence-corrected chi connectivity index (χ4v) is 7.90. The second-order valence-corrected chi connectivity index (χ2v) is 12.9. The van der Waals surface area contributed by atoms with Gasteiger partial charge in [0.2, 0.25) is 0 Å². The van der Waals surface area contributed by atoms with Crippen molar-refractivity contribution >= 4 is 56.4 Å². The maximum atomic E-state index is 6.45. The van der Waals surface area contributed by atoms with Crippen molar-refractivity contribution in [1.29, 1.82) is 0 Å². The molecule has 1 unspecified atom stereocenters. The number of rotatable bonds is 6. The Hall–Kier alpha value is -5.71. The van der Waals surface area contributed by atoms with Crippen LogP contribution in [0.5, 0.6) is 0 Å². The van der Waals surface area contributed by atoms with E-state index in [9.17, 15) is 0 Å². The summed E-state index contributed by atoms with van der Waals surface area (Å²) in [5, 5.41) is 6.17. The van der Waals surface area contributed by atoms with E-state index in [1.807, 2.05) is 11.8 Å². The zero-order valence-corrected chi connectivity index (χ0v) is 26.3. The summed E-state index contributed by atoms with van der Waals surface area (Å²) in [5.41, 5.74) is 12.2. The number of thioether (sulfide) groups is 1.